The van der Waals surface area contributed by atoms with E-state index in [2.05, 4.69) is 36.7 Å². The Morgan fingerprint density at radius 1 is 1.35 bits per heavy atom. The van der Waals surface area contributed by atoms with E-state index in [4.69, 9.17) is 9.72 Å². The first kappa shape index (κ1) is 13.6. The molecule has 1 N–H and O–H groups in total. The zero-order valence-corrected chi connectivity index (χ0v) is 13.0. The van der Waals surface area contributed by atoms with Crippen molar-refractivity contribution in [2.45, 2.75) is 38.8 Å². The quantitative estimate of drug-likeness (QED) is 0.939. The number of hydrogen-bond donors (Lipinski definition) is 1. The van der Waals surface area contributed by atoms with Crippen molar-refractivity contribution in [3.63, 3.8) is 0 Å². The van der Waals surface area contributed by atoms with Gasteiger partial charge in [-0.05, 0) is 26.8 Å². The fourth-order valence-electron chi connectivity index (χ4n) is 2.87. The highest BCUT2D eigenvalue weighted by atomic mass is 32.1. The number of nitrogens with zero attached hydrogens (tertiary/aromatic N) is 1. The second kappa shape index (κ2) is 5.19. The second-order valence-electron chi connectivity index (χ2n) is 5.59. The Hall–Kier alpha value is -1.39. The number of benzene rings is 1. The van der Waals surface area contributed by atoms with E-state index in [1.54, 1.807) is 11.3 Å². The van der Waals surface area contributed by atoms with Crippen molar-refractivity contribution in [2.75, 3.05) is 6.61 Å². The van der Waals surface area contributed by atoms with E-state index in [1.165, 1.54) is 5.56 Å². The Balaban J connectivity index is 2.17. The van der Waals surface area contributed by atoms with Crippen molar-refractivity contribution in [3.8, 4) is 5.75 Å². The molecule has 106 valence electrons. The summed E-state index contributed by atoms with van der Waals surface area (Å²) in [5, 5.41) is 7.01. The SMILES string of the molecule is Cc1csc(C2(NC(C)C)CCOc3ccccc32)n1. The van der Waals surface area contributed by atoms with Crippen LogP contribution in [-0.4, -0.2) is 17.6 Å². The van der Waals surface area contributed by atoms with Crippen molar-refractivity contribution in [1.29, 1.82) is 0 Å². The van der Waals surface area contributed by atoms with Crippen LogP contribution in [0.2, 0.25) is 0 Å². The standard InChI is InChI=1S/C16H20N2OS/c1-11(2)18-16(15-17-12(3)10-20-15)8-9-19-14-7-5-4-6-13(14)16/h4-7,10-11,18H,8-9H2,1-3H3. The monoisotopic (exact) mass is 288 g/mol. The molecular weight excluding hydrogens is 268 g/mol. The van der Waals surface area contributed by atoms with Crippen molar-refractivity contribution in [1.82, 2.24) is 10.3 Å². The summed E-state index contributed by atoms with van der Waals surface area (Å²) in [5.41, 5.74) is 2.07. The molecule has 1 aliphatic rings. The molecule has 1 aromatic carbocycles. The van der Waals surface area contributed by atoms with Gasteiger partial charge in [-0.25, -0.2) is 4.98 Å². The van der Waals surface area contributed by atoms with Gasteiger partial charge in [0.05, 0.1) is 6.61 Å². The molecule has 0 bridgehead atoms. The fourth-order valence-corrected chi connectivity index (χ4v) is 3.87. The Morgan fingerprint density at radius 3 is 2.85 bits per heavy atom. The molecule has 2 aromatic rings. The number of fused-ring (bicyclic) bond motifs is 1. The zero-order chi connectivity index (χ0) is 14.2. The van der Waals surface area contributed by atoms with Crippen molar-refractivity contribution in [3.05, 3.63) is 45.9 Å². The Labute approximate surface area is 124 Å². The van der Waals surface area contributed by atoms with E-state index in [1.807, 2.05) is 19.1 Å². The van der Waals surface area contributed by atoms with Crippen molar-refractivity contribution >= 4 is 11.3 Å². The number of thiazole rings is 1. The van der Waals surface area contributed by atoms with Gasteiger partial charge in [-0.15, -0.1) is 11.3 Å². The third-order valence-corrected chi connectivity index (χ3v) is 4.72. The third kappa shape index (κ3) is 2.23. The summed E-state index contributed by atoms with van der Waals surface area (Å²) < 4.78 is 5.83. The van der Waals surface area contributed by atoms with Crippen LogP contribution in [0.4, 0.5) is 0 Å². The molecule has 0 aliphatic carbocycles. The summed E-state index contributed by atoms with van der Waals surface area (Å²) in [7, 11) is 0. The number of ether oxygens (including phenoxy) is 1. The van der Waals surface area contributed by atoms with Crippen molar-refractivity contribution in [2.24, 2.45) is 0 Å². The lowest BCUT2D eigenvalue weighted by Crippen LogP contribution is -2.49. The number of aromatic nitrogens is 1. The van der Waals surface area contributed by atoms with Gasteiger partial charge in [0.2, 0.25) is 0 Å². The summed E-state index contributed by atoms with van der Waals surface area (Å²) in [6.45, 7) is 7.13. The normalized spacial score (nSPS) is 21.6. The fraction of sp³-hybridized carbons (Fsp3) is 0.438. The van der Waals surface area contributed by atoms with Gasteiger partial charge >= 0.3 is 0 Å². The smallest absolute Gasteiger partial charge is 0.124 e. The van der Waals surface area contributed by atoms with Crippen molar-refractivity contribution < 1.29 is 4.74 Å². The first-order valence-corrected chi connectivity index (χ1v) is 7.92. The van der Waals surface area contributed by atoms with E-state index in [0.717, 1.165) is 29.5 Å². The van der Waals surface area contributed by atoms with E-state index in [-0.39, 0.29) is 5.54 Å². The topological polar surface area (TPSA) is 34.1 Å². The van der Waals surface area contributed by atoms with Crippen LogP contribution in [0, 0.1) is 6.92 Å². The zero-order valence-electron chi connectivity index (χ0n) is 12.1. The summed E-state index contributed by atoms with van der Waals surface area (Å²) in [4.78, 5) is 4.76. The third-order valence-electron chi connectivity index (χ3n) is 3.60. The molecular formula is C16H20N2OS. The Bertz CT molecular complexity index is 608. The maximum atomic E-state index is 5.83. The molecule has 1 aromatic heterocycles. The number of para-hydroxylation sites is 1. The minimum atomic E-state index is -0.220. The number of hydrogen-bond acceptors (Lipinski definition) is 4. The second-order valence-corrected chi connectivity index (χ2v) is 6.45. The number of nitrogens with one attached hydrogen (secondary N) is 1. The molecule has 0 amide bonds. The molecule has 4 heteroatoms. The van der Waals surface area contributed by atoms with Crippen LogP contribution in [0.15, 0.2) is 29.6 Å². The molecule has 0 radical (unpaired) electrons. The first-order valence-electron chi connectivity index (χ1n) is 7.04. The molecule has 0 saturated carbocycles. The molecule has 0 spiro atoms. The van der Waals surface area contributed by atoms with Gasteiger partial charge in [0, 0.05) is 29.1 Å². The van der Waals surface area contributed by atoms with Gasteiger partial charge in [0.1, 0.15) is 16.3 Å². The van der Waals surface area contributed by atoms with Crippen LogP contribution in [0.3, 0.4) is 0 Å². The molecule has 0 saturated heterocycles. The average molecular weight is 288 g/mol. The highest BCUT2D eigenvalue weighted by molar-refractivity contribution is 7.09. The first-order chi connectivity index (χ1) is 9.62. The van der Waals surface area contributed by atoms with Crippen LogP contribution in [0.1, 0.15) is 36.5 Å². The van der Waals surface area contributed by atoms with Crippen LogP contribution < -0.4 is 10.1 Å². The summed E-state index contributed by atoms with van der Waals surface area (Å²) in [5.74, 6) is 0.972. The lowest BCUT2D eigenvalue weighted by atomic mass is 9.84. The van der Waals surface area contributed by atoms with Gasteiger partial charge in [0.25, 0.3) is 0 Å². The van der Waals surface area contributed by atoms with Gasteiger partial charge in [-0.3, -0.25) is 5.32 Å². The predicted molar refractivity (Wildman–Crippen MR) is 82.5 cm³/mol. The van der Waals surface area contributed by atoms with E-state index < -0.39 is 0 Å². The number of rotatable bonds is 3. The molecule has 20 heavy (non-hydrogen) atoms. The Kier molecular flexibility index (Phi) is 3.52. The number of aryl methyl sites for hydroxylation is 1. The van der Waals surface area contributed by atoms with Gasteiger partial charge in [-0.2, -0.15) is 0 Å². The van der Waals surface area contributed by atoms with Crippen LogP contribution in [-0.2, 0) is 5.54 Å². The maximum absolute atomic E-state index is 5.83. The summed E-state index contributed by atoms with van der Waals surface area (Å²) >= 11 is 1.73. The average Bonchev–Trinajstić information content (AvgIpc) is 2.86. The maximum Gasteiger partial charge on any atom is 0.124 e. The molecule has 3 rings (SSSR count). The largest absolute Gasteiger partial charge is 0.493 e. The predicted octanol–water partition coefficient (Wildman–Crippen LogP) is 3.48. The lowest BCUT2D eigenvalue weighted by molar-refractivity contribution is 0.202. The molecule has 1 atom stereocenters. The molecule has 0 fully saturated rings. The Morgan fingerprint density at radius 2 is 2.15 bits per heavy atom. The minimum Gasteiger partial charge on any atom is -0.493 e. The molecule has 1 unspecified atom stereocenters. The van der Waals surface area contributed by atoms with Gasteiger partial charge < -0.3 is 4.74 Å². The van der Waals surface area contributed by atoms with Crippen LogP contribution in [0.5, 0.6) is 5.75 Å². The highest BCUT2D eigenvalue weighted by Gasteiger charge is 2.41. The summed E-state index contributed by atoms with van der Waals surface area (Å²) in [6, 6.07) is 8.68. The van der Waals surface area contributed by atoms with Crippen LogP contribution >= 0.6 is 11.3 Å². The van der Waals surface area contributed by atoms with E-state index in [0.29, 0.717) is 6.04 Å². The molecule has 3 nitrogen and oxygen atoms in total. The van der Waals surface area contributed by atoms with Gasteiger partial charge in [0.15, 0.2) is 0 Å². The van der Waals surface area contributed by atoms with E-state index >= 15 is 0 Å². The summed E-state index contributed by atoms with van der Waals surface area (Å²) in [6.07, 6.45) is 0.912. The molecule has 2 heterocycles. The lowest BCUT2D eigenvalue weighted by Gasteiger charge is -2.39. The molecule has 1 aliphatic heterocycles. The minimum absolute atomic E-state index is 0.220. The van der Waals surface area contributed by atoms with Gasteiger partial charge in [-0.1, -0.05) is 18.2 Å². The van der Waals surface area contributed by atoms with E-state index in [9.17, 15) is 0 Å². The van der Waals surface area contributed by atoms with Crippen LogP contribution in [0.25, 0.3) is 0 Å². The highest BCUT2D eigenvalue weighted by Crippen LogP contribution is 2.43.